The average molecular weight is 289 g/mol. The summed E-state index contributed by atoms with van der Waals surface area (Å²) < 4.78 is 0. The van der Waals surface area contributed by atoms with Gasteiger partial charge in [0, 0.05) is 38.9 Å². The van der Waals surface area contributed by atoms with Crippen molar-refractivity contribution in [3.8, 4) is 0 Å². The highest BCUT2D eigenvalue weighted by Crippen LogP contribution is 2.41. The van der Waals surface area contributed by atoms with Crippen molar-refractivity contribution >= 4 is 5.82 Å². The standard InChI is InChI=1S/C17H27N3O/c1-17(2)7-6-14(16(17)21)13-19-9-11-20(12-10-19)15-5-3-4-8-18-15/h3-5,8,14,16,21H,6-7,9-13H2,1-2H3. The van der Waals surface area contributed by atoms with E-state index in [-0.39, 0.29) is 11.5 Å². The SMILES string of the molecule is CC1(C)CCC(CN2CCN(c3ccccn3)CC2)C1O. The fourth-order valence-corrected chi connectivity index (χ4v) is 3.72. The summed E-state index contributed by atoms with van der Waals surface area (Å²) in [6.45, 7) is 9.63. The molecule has 2 heterocycles. The predicted molar refractivity (Wildman–Crippen MR) is 85.4 cm³/mol. The first kappa shape index (κ1) is 14.8. The van der Waals surface area contributed by atoms with E-state index in [0.717, 1.165) is 51.4 Å². The number of nitrogens with zero attached hydrogens (tertiary/aromatic N) is 3. The van der Waals surface area contributed by atoms with Crippen LogP contribution in [-0.2, 0) is 0 Å². The second-order valence-corrected chi connectivity index (χ2v) is 7.21. The van der Waals surface area contributed by atoms with Crippen LogP contribution in [0.1, 0.15) is 26.7 Å². The van der Waals surface area contributed by atoms with E-state index in [1.807, 2.05) is 18.3 Å². The van der Waals surface area contributed by atoms with Crippen molar-refractivity contribution in [3.63, 3.8) is 0 Å². The lowest BCUT2D eigenvalue weighted by Crippen LogP contribution is -2.49. The molecule has 1 aliphatic heterocycles. The number of aromatic nitrogens is 1. The van der Waals surface area contributed by atoms with Crippen molar-refractivity contribution in [1.29, 1.82) is 0 Å². The zero-order valence-corrected chi connectivity index (χ0v) is 13.2. The zero-order chi connectivity index (χ0) is 14.9. The summed E-state index contributed by atoms with van der Waals surface area (Å²) in [4.78, 5) is 9.29. The van der Waals surface area contributed by atoms with Crippen LogP contribution in [0.2, 0.25) is 0 Å². The molecule has 1 N–H and O–H groups in total. The Balaban J connectivity index is 1.51. The Labute approximate surface area is 127 Å². The quantitative estimate of drug-likeness (QED) is 0.924. The Kier molecular flexibility index (Phi) is 4.18. The molecule has 4 heteroatoms. The second kappa shape index (κ2) is 5.93. The van der Waals surface area contributed by atoms with E-state index in [1.54, 1.807) is 0 Å². The molecule has 116 valence electrons. The molecule has 0 radical (unpaired) electrons. The normalized spacial score (nSPS) is 29.8. The molecular weight excluding hydrogens is 262 g/mol. The molecule has 3 rings (SSSR count). The third kappa shape index (κ3) is 3.22. The first-order valence-electron chi connectivity index (χ1n) is 8.13. The van der Waals surface area contributed by atoms with Gasteiger partial charge in [0.05, 0.1) is 6.10 Å². The van der Waals surface area contributed by atoms with Gasteiger partial charge in [-0.1, -0.05) is 19.9 Å². The maximum absolute atomic E-state index is 10.4. The van der Waals surface area contributed by atoms with Crippen LogP contribution in [0, 0.1) is 11.3 Å². The molecule has 1 aromatic heterocycles. The smallest absolute Gasteiger partial charge is 0.128 e. The number of hydrogen-bond acceptors (Lipinski definition) is 4. The summed E-state index contributed by atoms with van der Waals surface area (Å²) in [6, 6.07) is 6.09. The number of piperazine rings is 1. The molecule has 4 nitrogen and oxygen atoms in total. The number of anilines is 1. The lowest BCUT2D eigenvalue weighted by molar-refractivity contribution is 0.0319. The minimum atomic E-state index is -0.147. The van der Waals surface area contributed by atoms with Crippen LogP contribution in [0.15, 0.2) is 24.4 Å². The lowest BCUT2D eigenvalue weighted by Gasteiger charge is -2.37. The zero-order valence-electron chi connectivity index (χ0n) is 13.2. The summed E-state index contributed by atoms with van der Waals surface area (Å²) in [5.41, 5.74) is 0.0977. The van der Waals surface area contributed by atoms with Crippen molar-refractivity contribution in [2.75, 3.05) is 37.6 Å². The van der Waals surface area contributed by atoms with Crippen LogP contribution in [0.5, 0.6) is 0 Å². The fourth-order valence-electron chi connectivity index (χ4n) is 3.72. The van der Waals surface area contributed by atoms with Gasteiger partial charge in [0.15, 0.2) is 0 Å². The molecule has 0 bridgehead atoms. The van der Waals surface area contributed by atoms with Crippen LogP contribution in [-0.4, -0.2) is 53.8 Å². The first-order chi connectivity index (χ1) is 10.1. The van der Waals surface area contributed by atoms with Gasteiger partial charge in [0.2, 0.25) is 0 Å². The summed E-state index contributed by atoms with van der Waals surface area (Å²) in [5.74, 6) is 1.53. The number of pyridine rings is 1. The Hall–Kier alpha value is -1.13. The topological polar surface area (TPSA) is 39.6 Å². The van der Waals surface area contributed by atoms with Gasteiger partial charge >= 0.3 is 0 Å². The van der Waals surface area contributed by atoms with Gasteiger partial charge in [0.25, 0.3) is 0 Å². The number of hydrogen-bond donors (Lipinski definition) is 1. The van der Waals surface area contributed by atoms with Crippen molar-refractivity contribution in [2.24, 2.45) is 11.3 Å². The summed E-state index contributed by atoms with van der Waals surface area (Å²) in [5, 5.41) is 10.4. The van der Waals surface area contributed by atoms with Gasteiger partial charge < -0.3 is 10.0 Å². The first-order valence-corrected chi connectivity index (χ1v) is 8.13. The summed E-state index contributed by atoms with van der Waals surface area (Å²) in [6.07, 6.45) is 4.02. The van der Waals surface area contributed by atoms with Crippen molar-refractivity contribution in [1.82, 2.24) is 9.88 Å². The van der Waals surface area contributed by atoms with Gasteiger partial charge in [-0.15, -0.1) is 0 Å². The van der Waals surface area contributed by atoms with E-state index in [0.29, 0.717) is 5.92 Å². The lowest BCUT2D eigenvalue weighted by atomic mass is 9.87. The molecule has 2 atom stereocenters. The highest BCUT2D eigenvalue weighted by atomic mass is 16.3. The molecule has 1 aromatic rings. The van der Waals surface area contributed by atoms with E-state index in [9.17, 15) is 5.11 Å². The minimum Gasteiger partial charge on any atom is -0.392 e. The van der Waals surface area contributed by atoms with Gasteiger partial charge in [0.1, 0.15) is 5.82 Å². The number of aliphatic hydroxyl groups is 1. The summed E-state index contributed by atoms with van der Waals surface area (Å²) in [7, 11) is 0. The van der Waals surface area contributed by atoms with E-state index >= 15 is 0 Å². The number of aliphatic hydroxyl groups excluding tert-OH is 1. The molecule has 21 heavy (non-hydrogen) atoms. The van der Waals surface area contributed by atoms with Crippen LogP contribution >= 0.6 is 0 Å². The number of rotatable bonds is 3. The third-order valence-electron chi connectivity index (χ3n) is 5.24. The second-order valence-electron chi connectivity index (χ2n) is 7.21. The Bertz CT molecular complexity index is 454. The van der Waals surface area contributed by atoms with Crippen LogP contribution < -0.4 is 4.90 Å². The molecular formula is C17H27N3O. The van der Waals surface area contributed by atoms with Gasteiger partial charge in [-0.05, 0) is 36.3 Å². The van der Waals surface area contributed by atoms with Gasteiger partial charge in [-0.2, -0.15) is 0 Å². The monoisotopic (exact) mass is 289 g/mol. The minimum absolute atomic E-state index is 0.0977. The highest BCUT2D eigenvalue weighted by Gasteiger charge is 2.41. The van der Waals surface area contributed by atoms with Crippen molar-refractivity contribution < 1.29 is 5.11 Å². The van der Waals surface area contributed by atoms with Crippen LogP contribution in [0.4, 0.5) is 5.82 Å². The molecule has 2 unspecified atom stereocenters. The largest absolute Gasteiger partial charge is 0.392 e. The van der Waals surface area contributed by atoms with Crippen LogP contribution in [0.3, 0.4) is 0 Å². The Morgan fingerprint density at radius 3 is 2.57 bits per heavy atom. The van der Waals surface area contributed by atoms with Crippen molar-refractivity contribution in [3.05, 3.63) is 24.4 Å². The molecule has 0 amide bonds. The summed E-state index contributed by atoms with van der Waals surface area (Å²) >= 11 is 0. The molecule has 2 aliphatic rings. The van der Waals surface area contributed by atoms with E-state index in [2.05, 4.69) is 34.7 Å². The molecule has 1 saturated heterocycles. The third-order valence-corrected chi connectivity index (χ3v) is 5.24. The van der Waals surface area contributed by atoms with E-state index in [4.69, 9.17) is 0 Å². The van der Waals surface area contributed by atoms with Gasteiger partial charge in [-0.3, -0.25) is 4.90 Å². The molecule has 2 fully saturated rings. The molecule has 0 spiro atoms. The maximum atomic E-state index is 10.4. The Morgan fingerprint density at radius 1 is 1.24 bits per heavy atom. The maximum Gasteiger partial charge on any atom is 0.128 e. The van der Waals surface area contributed by atoms with E-state index in [1.165, 1.54) is 0 Å². The van der Waals surface area contributed by atoms with Crippen molar-refractivity contribution in [2.45, 2.75) is 32.8 Å². The molecule has 0 aromatic carbocycles. The van der Waals surface area contributed by atoms with Crippen LogP contribution in [0.25, 0.3) is 0 Å². The predicted octanol–water partition coefficient (Wildman–Crippen LogP) is 2.00. The Morgan fingerprint density at radius 2 is 2.00 bits per heavy atom. The van der Waals surface area contributed by atoms with E-state index < -0.39 is 0 Å². The highest BCUT2D eigenvalue weighted by molar-refractivity contribution is 5.38. The molecule has 1 aliphatic carbocycles. The fraction of sp³-hybridized carbons (Fsp3) is 0.706. The average Bonchev–Trinajstić information content (AvgIpc) is 2.76. The van der Waals surface area contributed by atoms with Gasteiger partial charge in [-0.25, -0.2) is 4.98 Å². The molecule has 1 saturated carbocycles.